The van der Waals surface area contributed by atoms with Crippen LogP contribution in [0.3, 0.4) is 0 Å². The lowest BCUT2D eigenvalue weighted by Crippen LogP contribution is -2.24. The Morgan fingerprint density at radius 2 is 2.05 bits per heavy atom. The molecule has 22 heavy (non-hydrogen) atoms. The molecule has 2 aromatic carbocycles. The highest BCUT2D eigenvalue weighted by Gasteiger charge is 2.38. The van der Waals surface area contributed by atoms with E-state index in [-0.39, 0.29) is 11.8 Å². The molecule has 4 nitrogen and oxygen atoms in total. The molecule has 0 radical (unpaired) electrons. The van der Waals surface area contributed by atoms with Crippen molar-refractivity contribution in [1.29, 1.82) is 0 Å². The van der Waals surface area contributed by atoms with Crippen molar-refractivity contribution in [1.82, 2.24) is 0 Å². The third-order valence-corrected chi connectivity index (χ3v) is 4.54. The maximum atomic E-state index is 12.8. The number of methoxy groups -OCH3 is 1. The molecule has 1 amide bonds. The number of rotatable bonds is 2. The second-order valence-corrected chi connectivity index (χ2v) is 5.69. The number of hydrogen-bond acceptors (Lipinski definition) is 3. The quantitative estimate of drug-likeness (QED) is 0.855. The molecule has 0 aromatic heterocycles. The van der Waals surface area contributed by atoms with Crippen molar-refractivity contribution < 1.29 is 14.3 Å². The van der Waals surface area contributed by atoms with E-state index in [4.69, 9.17) is 9.47 Å². The summed E-state index contributed by atoms with van der Waals surface area (Å²) in [4.78, 5) is 14.5. The van der Waals surface area contributed by atoms with Gasteiger partial charge in [0.1, 0.15) is 11.5 Å². The first kappa shape index (κ1) is 13.2. The molecule has 0 N–H and O–H groups in total. The molecule has 4 rings (SSSR count). The molecular weight excluding hydrogens is 278 g/mol. The molecule has 0 saturated heterocycles. The minimum absolute atomic E-state index is 0.0818. The Balaban J connectivity index is 1.91. The van der Waals surface area contributed by atoms with Crippen LogP contribution in [0.25, 0.3) is 0 Å². The summed E-state index contributed by atoms with van der Waals surface area (Å²) in [5.74, 6) is 1.36. The number of carbonyl (C=O) groups excluding carboxylic acids is 1. The zero-order chi connectivity index (χ0) is 15.3. The van der Waals surface area contributed by atoms with E-state index in [2.05, 4.69) is 6.07 Å². The number of nitrogens with zero attached hydrogens (tertiary/aromatic N) is 1. The molecule has 112 valence electrons. The summed E-state index contributed by atoms with van der Waals surface area (Å²) in [5.41, 5.74) is 4.08. The van der Waals surface area contributed by atoms with E-state index in [1.54, 1.807) is 12.0 Å². The van der Waals surface area contributed by atoms with Crippen LogP contribution >= 0.6 is 0 Å². The van der Waals surface area contributed by atoms with Gasteiger partial charge in [-0.05, 0) is 23.3 Å². The van der Waals surface area contributed by atoms with Crippen molar-refractivity contribution in [3.63, 3.8) is 0 Å². The number of likely N-dealkylation sites (N-methyl/N-ethyl adjacent to an activating group) is 1. The van der Waals surface area contributed by atoms with Gasteiger partial charge >= 0.3 is 0 Å². The second-order valence-electron chi connectivity index (χ2n) is 5.69. The Morgan fingerprint density at radius 1 is 1.23 bits per heavy atom. The van der Waals surface area contributed by atoms with Gasteiger partial charge in [-0.15, -0.1) is 0 Å². The van der Waals surface area contributed by atoms with E-state index < -0.39 is 0 Å². The van der Waals surface area contributed by atoms with E-state index in [1.807, 2.05) is 37.4 Å². The number of anilines is 1. The van der Waals surface area contributed by atoms with Crippen LogP contribution < -0.4 is 14.4 Å². The topological polar surface area (TPSA) is 38.8 Å². The van der Waals surface area contributed by atoms with Gasteiger partial charge in [0.05, 0.1) is 19.6 Å². The Bertz CT molecular complexity index is 769. The molecule has 1 unspecified atom stereocenters. The number of hydrogen-bond donors (Lipinski definition) is 0. The molecule has 0 saturated carbocycles. The van der Waals surface area contributed by atoms with Crippen LogP contribution in [0.5, 0.6) is 11.5 Å². The van der Waals surface area contributed by atoms with Gasteiger partial charge in [0.25, 0.3) is 0 Å². The van der Waals surface area contributed by atoms with Crippen LogP contribution in [0.4, 0.5) is 5.69 Å². The molecule has 2 aromatic rings. The lowest BCUT2D eigenvalue weighted by Gasteiger charge is -2.16. The Kier molecular flexibility index (Phi) is 2.86. The molecule has 0 fully saturated rings. The largest absolute Gasteiger partial charge is 0.496 e. The van der Waals surface area contributed by atoms with Gasteiger partial charge in [0.2, 0.25) is 5.91 Å². The van der Waals surface area contributed by atoms with Crippen LogP contribution in [0.1, 0.15) is 22.6 Å². The highest BCUT2D eigenvalue weighted by atomic mass is 16.5. The lowest BCUT2D eigenvalue weighted by atomic mass is 9.90. The minimum atomic E-state index is -0.304. The smallest absolute Gasteiger partial charge is 0.238 e. The summed E-state index contributed by atoms with van der Waals surface area (Å²) in [6.07, 6.45) is 0.880. The van der Waals surface area contributed by atoms with Gasteiger partial charge in [0.15, 0.2) is 0 Å². The molecule has 0 spiro atoms. The van der Waals surface area contributed by atoms with E-state index in [9.17, 15) is 4.79 Å². The molecule has 2 aliphatic rings. The fraction of sp³-hybridized carbons (Fsp3) is 0.278. The van der Waals surface area contributed by atoms with E-state index in [1.165, 1.54) is 0 Å². The normalized spacial score (nSPS) is 18.9. The van der Waals surface area contributed by atoms with Gasteiger partial charge in [-0.1, -0.05) is 18.2 Å². The zero-order valence-electron chi connectivity index (χ0n) is 12.6. The van der Waals surface area contributed by atoms with Crippen LogP contribution in [0, 0.1) is 0 Å². The summed E-state index contributed by atoms with van der Waals surface area (Å²) in [6.45, 7) is 0.692. The number of benzene rings is 2. The minimum Gasteiger partial charge on any atom is -0.496 e. The number of carbonyl (C=O) groups is 1. The highest BCUT2D eigenvalue weighted by molar-refractivity contribution is 6.07. The van der Waals surface area contributed by atoms with Crippen LogP contribution in [-0.4, -0.2) is 26.7 Å². The van der Waals surface area contributed by atoms with Gasteiger partial charge in [-0.25, -0.2) is 0 Å². The van der Waals surface area contributed by atoms with Crippen molar-refractivity contribution in [3.05, 3.63) is 53.1 Å². The molecule has 1 atom stereocenters. The standard InChI is InChI=1S/C18H17NO3/c1-19-14-6-4-3-5-12(14)17(18(19)20)13-9-11-7-8-22-15(11)10-16(13)21-2/h3-6,9-10,17H,7-8H2,1-2H3. The van der Waals surface area contributed by atoms with Gasteiger partial charge in [0, 0.05) is 30.8 Å². The monoisotopic (exact) mass is 295 g/mol. The second kappa shape index (κ2) is 4.77. The van der Waals surface area contributed by atoms with Crippen molar-refractivity contribution in [2.45, 2.75) is 12.3 Å². The Labute approximate surface area is 129 Å². The third kappa shape index (κ3) is 1.73. The van der Waals surface area contributed by atoms with Crippen LogP contribution in [0.15, 0.2) is 36.4 Å². The van der Waals surface area contributed by atoms with Crippen molar-refractivity contribution in [2.24, 2.45) is 0 Å². The van der Waals surface area contributed by atoms with Crippen LogP contribution in [-0.2, 0) is 11.2 Å². The van der Waals surface area contributed by atoms with E-state index >= 15 is 0 Å². The Hall–Kier alpha value is -2.49. The number of para-hydroxylation sites is 1. The Morgan fingerprint density at radius 3 is 2.86 bits per heavy atom. The van der Waals surface area contributed by atoms with Gasteiger partial charge in [-0.3, -0.25) is 4.79 Å². The maximum absolute atomic E-state index is 12.8. The maximum Gasteiger partial charge on any atom is 0.238 e. The van der Waals surface area contributed by atoms with Gasteiger partial charge < -0.3 is 14.4 Å². The van der Waals surface area contributed by atoms with Crippen molar-refractivity contribution in [2.75, 3.05) is 25.7 Å². The summed E-state index contributed by atoms with van der Waals surface area (Å²) in [5, 5.41) is 0. The summed E-state index contributed by atoms with van der Waals surface area (Å²) in [7, 11) is 3.46. The molecule has 2 aliphatic heterocycles. The number of fused-ring (bicyclic) bond motifs is 2. The third-order valence-electron chi connectivity index (χ3n) is 4.54. The fourth-order valence-corrected chi connectivity index (χ4v) is 3.41. The van der Waals surface area contributed by atoms with Crippen molar-refractivity contribution in [3.8, 4) is 11.5 Å². The average molecular weight is 295 g/mol. The van der Waals surface area contributed by atoms with Gasteiger partial charge in [-0.2, -0.15) is 0 Å². The molecule has 4 heteroatoms. The summed E-state index contributed by atoms with van der Waals surface area (Å²) in [6, 6.07) is 11.9. The van der Waals surface area contributed by atoms with Crippen molar-refractivity contribution >= 4 is 11.6 Å². The fourth-order valence-electron chi connectivity index (χ4n) is 3.41. The predicted molar refractivity (Wildman–Crippen MR) is 83.9 cm³/mol. The van der Waals surface area contributed by atoms with E-state index in [0.29, 0.717) is 12.4 Å². The molecule has 0 bridgehead atoms. The molecular formula is C18H17NO3. The lowest BCUT2D eigenvalue weighted by molar-refractivity contribution is -0.118. The van der Waals surface area contributed by atoms with Crippen LogP contribution in [0.2, 0.25) is 0 Å². The molecule has 0 aliphatic carbocycles. The first-order valence-corrected chi connectivity index (χ1v) is 7.41. The average Bonchev–Trinajstić information content (AvgIpc) is 3.10. The zero-order valence-corrected chi connectivity index (χ0v) is 12.6. The summed E-state index contributed by atoms with van der Waals surface area (Å²) >= 11 is 0. The first-order valence-electron chi connectivity index (χ1n) is 7.41. The molecule has 2 heterocycles. The predicted octanol–water partition coefficient (Wildman–Crippen LogP) is 2.74. The number of ether oxygens (including phenoxy) is 2. The highest BCUT2D eigenvalue weighted by Crippen LogP contribution is 2.45. The SMILES string of the molecule is COc1cc2c(cc1C1C(=O)N(C)c3ccccc31)CCO2. The summed E-state index contributed by atoms with van der Waals surface area (Å²) < 4.78 is 11.1. The number of amides is 1. The van der Waals surface area contributed by atoms with E-state index in [0.717, 1.165) is 34.5 Å². The first-order chi connectivity index (χ1) is 10.7.